The third-order valence-electron chi connectivity index (χ3n) is 3.80. The number of ketones is 1. The largest absolute Gasteiger partial charge is 0.376 e. The van der Waals surface area contributed by atoms with Gasteiger partial charge >= 0.3 is 0 Å². The Bertz CT molecular complexity index is 515. The summed E-state index contributed by atoms with van der Waals surface area (Å²) in [4.78, 5) is 24.6. The maximum Gasteiger partial charge on any atom is 0.269 e. The zero-order valence-electron chi connectivity index (χ0n) is 12.3. The highest BCUT2D eigenvalue weighted by Crippen LogP contribution is 2.17. The molecule has 1 aliphatic rings. The number of ether oxygens (including phenoxy) is 1. The molecule has 1 saturated heterocycles. The predicted molar refractivity (Wildman–Crippen MR) is 78.5 cm³/mol. The lowest BCUT2D eigenvalue weighted by Crippen LogP contribution is -2.50. The van der Waals surface area contributed by atoms with Gasteiger partial charge < -0.3 is 4.74 Å². The van der Waals surface area contributed by atoms with Crippen molar-refractivity contribution in [2.24, 2.45) is 0 Å². The molecule has 1 fully saturated rings. The van der Waals surface area contributed by atoms with E-state index in [2.05, 4.69) is 11.8 Å². The van der Waals surface area contributed by atoms with Gasteiger partial charge in [-0.1, -0.05) is 6.92 Å². The monoisotopic (exact) mass is 292 g/mol. The van der Waals surface area contributed by atoms with E-state index in [0.717, 1.165) is 13.0 Å². The number of non-ortho nitro benzene ring substituents is 1. The van der Waals surface area contributed by atoms with Gasteiger partial charge in [0.1, 0.15) is 0 Å². The third kappa shape index (κ3) is 3.86. The molecule has 0 bridgehead atoms. The first kappa shape index (κ1) is 15.6. The van der Waals surface area contributed by atoms with Gasteiger partial charge in [0.2, 0.25) is 0 Å². The van der Waals surface area contributed by atoms with E-state index < -0.39 is 4.92 Å². The SMILES string of the molecule is CCC1COC(C)CN1CC(=O)c1ccc([N+](=O)[O-])cc1. The molecule has 0 aliphatic carbocycles. The Morgan fingerprint density at radius 2 is 2.10 bits per heavy atom. The molecule has 0 aromatic heterocycles. The summed E-state index contributed by atoms with van der Waals surface area (Å²) in [6, 6.07) is 6.03. The van der Waals surface area contributed by atoms with Gasteiger partial charge in [0.05, 0.1) is 24.2 Å². The fourth-order valence-corrected chi connectivity index (χ4v) is 2.53. The molecule has 6 nitrogen and oxygen atoms in total. The highest BCUT2D eigenvalue weighted by molar-refractivity contribution is 5.97. The van der Waals surface area contributed by atoms with E-state index in [9.17, 15) is 14.9 Å². The lowest BCUT2D eigenvalue weighted by molar-refractivity contribution is -0.384. The molecule has 1 aliphatic heterocycles. The van der Waals surface area contributed by atoms with Crippen LogP contribution in [0, 0.1) is 10.1 Å². The molecule has 1 aromatic carbocycles. The number of morpholine rings is 1. The molecule has 1 aromatic rings. The Morgan fingerprint density at radius 1 is 1.43 bits per heavy atom. The highest BCUT2D eigenvalue weighted by Gasteiger charge is 2.27. The highest BCUT2D eigenvalue weighted by atomic mass is 16.6. The van der Waals surface area contributed by atoms with Crippen molar-refractivity contribution in [3.8, 4) is 0 Å². The van der Waals surface area contributed by atoms with Crippen LogP contribution in [0.15, 0.2) is 24.3 Å². The minimum atomic E-state index is -0.467. The van der Waals surface area contributed by atoms with E-state index in [1.807, 2.05) is 6.92 Å². The number of nitro groups is 1. The van der Waals surface area contributed by atoms with Gasteiger partial charge in [-0.05, 0) is 25.5 Å². The van der Waals surface area contributed by atoms with Crippen LogP contribution in [0.2, 0.25) is 0 Å². The molecular formula is C15H20N2O4. The van der Waals surface area contributed by atoms with E-state index in [4.69, 9.17) is 4.74 Å². The average molecular weight is 292 g/mol. The number of carbonyl (C=O) groups excluding carboxylic acids is 1. The maximum absolute atomic E-state index is 12.3. The second-order valence-electron chi connectivity index (χ2n) is 5.36. The second-order valence-corrected chi connectivity index (χ2v) is 5.36. The molecular weight excluding hydrogens is 272 g/mol. The second kappa shape index (κ2) is 6.78. The summed E-state index contributed by atoms with van der Waals surface area (Å²) in [5.74, 6) is -0.0163. The molecule has 6 heteroatoms. The zero-order valence-corrected chi connectivity index (χ0v) is 12.3. The number of rotatable bonds is 5. The molecule has 2 rings (SSSR count). The number of hydrogen-bond acceptors (Lipinski definition) is 5. The van der Waals surface area contributed by atoms with Crippen LogP contribution in [0.5, 0.6) is 0 Å². The summed E-state index contributed by atoms with van der Waals surface area (Å²) in [6.07, 6.45) is 1.05. The van der Waals surface area contributed by atoms with Gasteiger partial charge in [0.15, 0.2) is 5.78 Å². The number of nitro benzene ring substituents is 1. The topological polar surface area (TPSA) is 72.7 Å². The summed E-state index contributed by atoms with van der Waals surface area (Å²) in [5, 5.41) is 10.6. The van der Waals surface area contributed by atoms with E-state index in [-0.39, 0.29) is 23.6 Å². The van der Waals surface area contributed by atoms with Crippen molar-refractivity contribution in [3.63, 3.8) is 0 Å². The van der Waals surface area contributed by atoms with E-state index in [1.54, 1.807) is 0 Å². The summed E-state index contributed by atoms with van der Waals surface area (Å²) in [7, 11) is 0. The molecule has 0 saturated carbocycles. The van der Waals surface area contributed by atoms with Crippen molar-refractivity contribution >= 4 is 11.5 Å². The minimum absolute atomic E-state index is 0.00187. The fraction of sp³-hybridized carbons (Fsp3) is 0.533. The summed E-state index contributed by atoms with van der Waals surface area (Å²) in [6.45, 7) is 5.77. The van der Waals surface area contributed by atoms with Gasteiger partial charge in [-0.2, -0.15) is 0 Å². The molecule has 2 atom stereocenters. The lowest BCUT2D eigenvalue weighted by atomic mass is 10.1. The smallest absolute Gasteiger partial charge is 0.269 e. The number of benzene rings is 1. The van der Waals surface area contributed by atoms with Crippen molar-refractivity contribution in [1.29, 1.82) is 0 Å². The van der Waals surface area contributed by atoms with Crippen molar-refractivity contribution < 1.29 is 14.5 Å². The first-order valence-corrected chi connectivity index (χ1v) is 7.14. The molecule has 0 N–H and O–H groups in total. The van der Waals surface area contributed by atoms with E-state index in [0.29, 0.717) is 18.7 Å². The number of nitrogens with zero attached hydrogens (tertiary/aromatic N) is 2. The summed E-state index contributed by atoms with van der Waals surface area (Å²) < 4.78 is 5.61. The Hall–Kier alpha value is -1.79. The van der Waals surface area contributed by atoms with Gasteiger partial charge in [0.25, 0.3) is 5.69 Å². The van der Waals surface area contributed by atoms with Gasteiger partial charge in [-0.15, -0.1) is 0 Å². The summed E-state index contributed by atoms with van der Waals surface area (Å²) >= 11 is 0. The number of carbonyl (C=O) groups is 1. The van der Waals surface area contributed by atoms with Gasteiger partial charge in [-0.25, -0.2) is 0 Å². The average Bonchev–Trinajstić information content (AvgIpc) is 2.47. The molecule has 2 unspecified atom stereocenters. The number of hydrogen-bond donors (Lipinski definition) is 0. The first-order chi connectivity index (χ1) is 10.0. The third-order valence-corrected chi connectivity index (χ3v) is 3.80. The van der Waals surface area contributed by atoms with Crippen LogP contribution in [0.1, 0.15) is 30.6 Å². The van der Waals surface area contributed by atoms with E-state index >= 15 is 0 Å². The fourth-order valence-electron chi connectivity index (χ4n) is 2.53. The van der Waals surface area contributed by atoms with Crippen molar-refractivity contribution in [2.45, 2.75) is 32.4 Å². The van der Waals surface area contributed by atoms with Crippen LogP contribution in [0.4, 0.5) is 5.69 Å². The standard InChI is InChI=1S/C15H20N2O4/c1-3-13-10-21-11(2)8-16(13)9-15(18)12-4-6-14(7-5-12)17(19)20/h4-7,11,13H,3,8-10H2,1-2H3. The Kier molecular flexibility index (Phi) is 5.03. The Morgan fingerprint density at radius 3 is 2.67 bits per heavy atom. The first-order valence-electron chi connectivity index (χ1n) is 7.14. The predicted octanol–water partition coefficient (Wildman–Crippen LogP) is 2.28. The molecule has 0 amide bonds. The van der Waals surface area contributed by atoms with Crippen molar-refractivity contribution in [2.75, 3.05) is 19.7 Å². The lowest BCUT2D eigenvalue weighted by Gasteiger charge is -2.37. The minimum Gasteiger partial charge on any atom is -0.376 e. The number of Topliss-reactive ketones (excluding diaryl/α,β-unsaturated/α-hetero) is 1. The molecule has 1 heterocycles. The normalized spacial score (nSPS) is 23.0. The van der Waals surface area contributed by atoms with Gasteiger partial charge in [0, 0.05) is 30.3 Å². The molecule has 0 radical (unpaired) electrons. The van der Waals surface area contributed by atoms with Crippen molar-refractivity contribution in [1.82, 2.24) is 4.90 Å². The Labute approximate surface area is 123 Å². The van der Waals surface area contributed by atoms with Crippen molar-refractivity contribution in [3.05, 3.63) is 39.9 Å². The molecule has 0 spiro atoms. The quantitative estimate of drug-likeness (QED) is 0.473. The maximum atomic E-state index is 12.3. The van der Waals surface area contributed by atoms with Gasteiger partial charge in [-0.3, -0.25) is 19.8 Å². The van der Waals surface area contributed by atoms with E-state index in [1.165, 1.54) is 24.3 Å². The van der Waals surface area contributed by atoms with Crippen LogP contribution < -0.4 is 0 Å². The Balaban J connectivity index is 2.04. The molecule has 114 valence electrons. The van der Waals surface area contributed by atoms with Crippen LogP contribution in [0.25, 0.3) is 0 Å². The summed E-state index contributed by atoms with van der Waals surface area (Å²) in [5.41, 5.74) is 0.507. The van der Waals surface area contributed by atoms with Crippen LogP contribution in [-0.4, -0.2) is 47.4 Å². The zero-order chi connectivity index (χ0) is 15.4. The van der Waals surface area contributed by atoms with Crippen LogP contribution >= 0.6 is 0 Å². The molecule has 21 heavy (non-hydrogen) atoms. The van der Waals surface area contributed by atoms with Crippen LogP contribution in [-0.2, 0) is 4.74 Å². The van der Waals surface area contributed by atoms with Crippen LogP contribution in [0.3, 0.4) is 0 Å².